The molecule has 2 rings (SSSR count). The molecule has 1 unspecified atom stereocenters. The highest BCUT2D eigenvalue weighted by molar-refractivity contribution is 7.47. The minimum absolute atomic E-state index is 0.0448. The highest BCUT2D eigenvalue weighted by atomic mass is 31.2. The van der Waals surface area contributed by atoms with E-state index in [2.05, 4.69) is 43.4 Å². The molecule has 1 saturated heterocycles. The molecule has 0 spiro atoms. The quantitative estimate of drug-likeness (QED) is 0.0252. The van der Waals surface area contributed by atoms with Crippen molar-refractivity contribution in [3.8, 4) is 0 Å². The van der Waals surface area contributed by atoms with Gasteiger partial charge in [0, 0.05) is 43.9 Å². The molecule has 13 atom stereocenters. The molecule has 394 valence electrons. The molecule has 17 nitrogen and oxygen atoms in total. The largest absolute Gasteiger partial charge is 0.472 e. The second kappa shape index (κ2) is 35.9. The second-order valence-corrected chi connectivity index (χ2v) is 19.3. The van der Waals surface area contributed by atoms with Crippen LogP contribution in [0.25, 0.3) is 0 Å². The average molecular weight is 999 g/mol. The lowest BCUT2D eigenvalue weighted by atomic mass is 9.82. The smallest absolute Gasteiger partial charge is 0.462 e. The van der Waals surface area contributed by atoms with Gasteiger partial charge in [0.05, 0.1) is 37.1 Å². The molecule has 2 bridgehead atoms. The zero-order chi connectivity index (χ0) is 51.0. The number of carbonyl (C=O) groups excluding carboxylic acids is 3. The molecule has 0 aromatic carbocycles. The van der Waals surface area contributed by atoms with Gasteiger partial charge in [-0.2, -0.15) is 0 Å². The molecule has 9 N–H and O–H groups in total. The molecule has 1 aliphatic carbocycles. The van der Waals surface area contributed by atoms with E-state index >= 15 is 0 Å². The van der Waals surface area contributed by atoms with Gasteiger partial charge in [0.1, 0.15) is 36.8 Å². The van der Waals surface area contributed by atoms with E-state index in [1.54, 1.807) is 0 Å². The molecule has 1 saturated carbocycles. The Hall–Kier alpha value is -3.16. The Labute approximate surface area is 408 Å². The first-order valence-corrected chi connectivity index (χ1v) is 26.4. The van der Waals surface area contributed by atoms with Crippen LogP contribution in [-0.4, -0.2) is 138 Å². The lowest BCUT2D eigenvalue weighted by molar-refractivity contribution is -0.168. The van der Waals surface area contributed by atoms with Gasteiger partial charge in [0.15, 0.2) is 6.10 Å². The number of phosphoric acid groups is 1. The highest BCUT2D eigenvalue weighted by Gasteiger charge is 2.49. The van der Waals surface area contributed by atoms with Gasteiger partial charge in [-0.1, -0.05) is 119 Å². The first-order chi connectivity index (χ1) is 33.0. The third-order valence-corrected chi connectivity index (χ3v) is 13.0. The van der Waals surface area contributed by atoms with Crippen molar-refractivity contribution in [2.24, 2.45) is 11.8 Å². The summed E-state index contributed by atoms with van der Waals surface area (Å²) in [6.07, 6.45) is 12.8. The van der Waals surface area contributed by atoms with Crippen LogP contribution in [0.2, 0.25) is 0 Å². The van der Waals surface area contributed by atoms with Crippen LogP contribution < -0.4 is 0 Å². The number of Topliss-reactive ketones (excluding diaryl/α,β-unsaturated/α-hetero) is 1. The lowest BCUT2D eigenvalue weighted by Gasteiger charge is -2.37. The number of hydrogen-bond acceptors (Lipinski definition) is 16. The van der Waals surface area contributed by atoms with E-state index in [4.69, 9.17) is 18.5 Å². The van der Waals surface area contributed by atoms with E-state index in [1.807, 2.05) is 31.2 Å². The Morgan fingerprint density at radius 2 is 1.29 bits per heavy atom. The van der Waals surface area contributed by atoms with Gasteiger partial charge in [-0.25, -0.2) is 4.57 Å². The molecule has 69 heavy (non-hydrogen) atoms. The minimum Gasteiger partial charge on any atom is -0.462 e. The van der Waals surface area contributed by atoms with E-state index in [1.165, 1.54) is 31.4 Å². The van der Waals surface area contributed by atoms with E-state index in [-0.39, 0.29) is 32.1 Å². The van der Waals surface area contributed by atoms with Crippen LogP contribution in [0.4, 0.5) is 0 Å². The number of rotatable bonds is 23. The average Bonchev–Trinajstić information content (AvgIpc) is 3.31. The molecule has 0 amide bonds. The summed E-state index contributed by atoms with van der Waals surface area (Å²) in [5.74, 6) is -5.13. The molecule has 1 heterocycles. The number of aliphatic hydroxyl groups is 8. The van der Waals surface area contributed by atoms with Crippen LogP contribution in [0, 0.1) is 11.8 Å². The van der Waals surface area contributed by atoms with Gasteiger partial charge in [-0.15, -0.1) is 0 Å². The van der Waals surface area contributed by atoms with Crippen molar-refractivity contribution in [3.63, 3.8) is 0 Å². The zero-order valence-electron chi connectivity index (χ0n) is 40.7. The topological polar surface area (TPSA) is 287 Å². The summed E-state index contributed by atoms with van der Waals surface area (Å²) in [5.41, 5.74) is 0. The number of fused-ring (bicyclic) bond motifs is 4. The molecular weight excluding hydrogens is 916 g/mol. The fourth-order valence-corrected chi connectivity index (χ4v) is 8.83. The Bertz CT molecular complexity index is 1680. The Morgan fingerprint density at radius 3 is 1.91 bits per heavy atom. The molecule has 18 heteroatoms. The number of unbranched alkanes of at least 4 members (excludes halogenated alkanes) is 5. The fourth-order valence-electron chi connectivity index (χ4n) is 7.86. The lowest BCUT2D eigenvalue weighted by Crippen LogP contribution is -2.56. The standard InChI is InChI=1S/C51H83O17P/c1-3-5-7-8-9-10-11-12-13-14-15-16-17-18-19-20-21-22-24-29-44(56)65-35-39-36-66-69(63,64)68-51-49(61)46(58)40(32-31-37(52)27-23-6-4-2)42(54)34-43(55)41(47(59)48(60)50(51)62)33-38(53)28-25-26-30-45(57)67-39/h9-10,12-13,15-16,18-19,21-22,31-32,37,39-43,46-52,54-55,58-62H,3-8,11,14,17,20,23-30,33-36H2,1-2H3,(H,63,64)/b10-9-,13-12-,16-15-,19-18-,22-21-,32-31+/t37-,39+,40-,41-,42+,43-,46+,47+,48-,49+,50+,51+/m0/s1. The van der Waals surface area contributed by atoms with Gasteiger partial charge < -0.3 is 55.2 Å². The monoisotopic (exact) mass is 999 g/mol. The molecular formula is C51H83O17P. The van der Waals surface area contributed by atoms with Gasteiger partial charge in [0.2, 0.25) is 0 Å². The summed E-state index contributed by atoms with van der Waals surface area (Å²) < 4.78 is 34.5. The zero-order valence-corrected chi connectivity index (χ0v) is 41.5. The first kappa shape index (κ1) is 62.0. The predicted octanol–water partition coefficient (Wildman–Crippen LogP) is 5.84. The molecule has 2 fully saturated rings. The Kier molecular flexibility index (Phi) is 32.2. The number of hydrogen-bond donors (Lipinski definition) is 9. The molecule has 2 aliphatic rings. The first-order valence-electron chi connectivity index (χ1n) is 24.9. The summed E-state index contributed by atoms with van der Waals surface area (Å²) in [4.78, 5) is 49.6. The van der Waals surface area contributed by atoms with Crippen LogP contribution in [0.3, 0.4) is 0 Å². The van der Waals surface area contributed by atoms with Crippen LogP contribution in [0.5, 0.6) is 0 Å². The third kappa shape index (κ3) is 26.2. The Morgan fingerprint density at radius 1 is 0.725 bits per heavy atom. The van der Waals surface area contributed by atoms with Crippen molar-refractivity contribution in [3.05, 3.63) is 72.9 Å². The van der Waals surface area contributed by atoms with Crippen LogP contribution in [-0.2, 0) is 37.5 Å². The van der Waals surface area contributed by atoms with Crippen molar-refractivity contribution in [1.29, 1.82) is 0 Å². The number of aliphatic hydroxyl groups excluding tert-OH is 8. The number of ether oxygens (including phenoxy) is 2. The van der Waals surface area contributed by atoms with Gasteiger partial charge in [0.25, 0.3) is 0 Å². The number of phosphoric ester groups is 1. The SMILES string of the molecule is CCCCC/C=C\C/C=C\C/C=C\C/C=C\C/C=C\CCC(=O)OC[C@@H]1COP(=O)(O)O[C@H]2[C@H](O)[C@@H](O)[C@H](O)[C@@H](CC(=O)CCCCC(=O)O1)[C@@H](O)C[C@@H](O)[C@H](/C=C/[C@@H](O)CCCCC)[C@@H](O)[C@H]2O. The third-order valence-electron chi connectivity index (χ3n) is 12.0. The molecule has 0 aromatic heterocycles. The second-order valence-electron chi connectivity index (χ2n) is 17.9. The summed E-state index contributed by atoms with van der Waals surface area (Å²) >= 11 is 0. The van der Waals surface area contributed by atoms with Crippen molar-refractivity contribution < 1.29 is 83.2 Å². The minimum atomic E-state index is -5.51. The highest BCUT2D eigenvalue weighted by Crippen LogP contribution is 2.47. The molecule has 0 radical (unpaired) electrons. The molecule has 0 aromatic rings. The van der Waals surface area contributed by atoms with Crippen LogP contribution in [0.15, 0.2) is 72.9 Å². The van der Waals surface area contributed by atoms with E-state index in [9.17, 15) is 64.7 Å². The summed E-state index contributed by atoms with van der Waals surface area (Å²) in [6.45, 7) is 2.63. The number of carbonyl (C=O) groups is 3. The number of cyclic esters (lactones) is 1. The van der Waals surface area contributed by atoms with Crippen molar-refractivity contribution in [2.75, 3.05) is 13.2 Å². The van der Waals surface area contributed by atoms with E-state index in [0.717, 1.165) is 38.5 Å². The maximum absolute atomic E-state index is 13.5. The van der Waals surface area contributed by atoms with E-state index < -0.39 is 124 Å². The van der Waals surface area contributed by atoms with Gasteiger partial charge in [-0.3, -0.25) is 23.4 Å². The fraction of sp³-hybridized carbons (Fsp3) is 0.706. The molecule has 1 aliphatic heterocycles. The maximum atomic E-state index is 13.5. The summed E-state index contributed by atoms with van der Waals surface area (Å²) in [5, 5.41) is 89.9. The van der Waals surface area contributed by atoms with Crippen LogP contribution in [0.1, 0.15) is 142 Å². The maximum Gasteiger partial charge on any atom is 0.472 e. The Balaban J connectivity index is 2.14. The van der Waals surface area contributed by atoms with E-state index in [0.29, 0.717) is 25.7 Å². The normalized spacial score (nSPS) is 31.6. The summed E-state index contributed by atoms with van der Waals surface area (Å²) in [7, 11) is -5.51. The van der Waals surface area contributed by atoms with Gasteiger partial charge in [-0.05, 0) is 64.2 Å². The number of allylic oxidation sites excluding steroid dienone is 10. The number of ketones is 1. The summed E-state index contributed by atoms with van der Waals surface area (Å²) in [6, 6.07) is 0. The number of esters is 2. The predicted molar refractivity (Wildman–Crippen MR) is 260 cm³/mol. The van der Waals surface area contributed by atoms with Gasteiger partial charge >= 0.3 is 19.8 Å². The van der Waals surface area contributed by atoms with Crippen molar-refractivity contribution >= 4 is 25.5 Å². The van der Waals surface area contributed by atoms with Crippen molar-refractivity contribution in [1.82, 2.24) is 0 Å². The van der Waals surface area contributed by atoms with Crippen LogP contribution >= 0.6 is 7.82 Å². The van der Waals surface area contributed by atoms with Crippen molar-refractivity contribution in [2.45, 2.75) is 203 Å².